The molecule has 152 valence electrons. The molecule has 4 rings (SSSR count). The van der Waals surface area contributed by atoms with Crippen molar-refractivity contribution < 1.29 is 24.6 Å². The number of rotatable bonds is 3. The average molecular weight is 415 g/mol. The van der Waals surface area contributed by atoms with Crippen LogP contribution in [0.1, 0.15) is 15.2 Å². The molecular weight excluding hydrogens is 394 g/mol. The molecule has 1 aromatic carbocycles. The number of fused-ring (bicyclic) bond motifs is 1. The van der Waals surface area contributed by atoms with Crippen LogP contribution in [-0.2, 0) is 16.1 Å². The number of carboxylic acid groups (broad SMARTS) is 2. The number of aromatic amines is 1. The first-order valence-corrected chi connectivity index (χ1v) is 9.90. The van der Waals surface area contributed by atoms with E-state index in [-0.39, 0.29) is 5.91 Å². The molecule has 1 aliphatic heterocycles. The smallest absolute Gasteiger partial charge is 0.414 e. The Bertz CT molecular complexity index is 979. The first-order chi connectivity index (χ1) is 14.0. The van der Waals surface area contributed by atoms with E-state index in [1.54, 1.807) is 0 Å². The van der Waals surface area contributed by atoms with Gasteiger partial charge in [-0.25, -0.2) is 9.59 Å². The summed E-state index contributed by atoms with van der Waals surface area (Å²) in [5.74, 6) is -3.48. The molecule has 8 nitrogen and oxygen atoms in total. The highest BCUT2D eigenvalue weighted by atomic mass is 32.1. The van der Waals surface area contributed by atoms with Gasteiger partial charge in [0.15, 0.2) is 0 Å². The Hall–Kier alpha value is -3.17. The summed E-state index contributed by atoms with van der Waals surface area (Å²) >= 11 is 1.52. The molecule has 3 heterocycles. The summed E-state index contributed by atoms with van der Waals surface area (Å²) in [7, 11) is 0. The molecule has 0 atom stereocenters. The highest BCUT2D eigenvalue weighted by Gasteiger charge is 2.23. The van der Waals surface area contributed by atoms with E-state index in [4.69, 9.17) is 19.8 Å². The van der Waals surface area contributed by atoms with Gasteiger partial charge in [-0.05, 0) is 23.1 Å². The fourth-order valence-electron chi connectivity index (χ4n) is 3.17. The molecule has 1 fully saturated rings. The molecule has 0 bridgehead atoms. The van der Waals surface area contributed by atoms with Crippen LogP contribution in [0.15, 0.2) is 48.0 Å². The van der Waals surface area contributed by atoms with Crippen LogP contribution in [0.2, 0.25) is 0 Å². The standard InChI is InChI=1S/C18H19N3OS.C2H2O4/c22-18(17-6-3-11-23-17)21-9-7-20(8-10-21)13-14-12-19-16-5-2-1-4-15(14)16;3-1(4)2(5)6/h1-6,11-12,19H,7-10,13H2;(H,3,4)(H,5,6). The lowest BCUT2D eigenvalue weighted by atomic mass is 10.1. The fraction of sp³-hybridized carbons (Fsp3) is 0.250. The van der Waals surface area contributed by atoms with Gasteiger partial charge in [0.2, 0.25) is 0 Å². The number of carbonyl (C=O) groups is 3. The average Bonchev–Trinajstić information content (AvgIpc) is 3.39. The number of thiophene rings is 1. The molecule has 0 spiro atoms. The maximum absolute atomic E-state index is 12.4. The van der Waals surface area contributed by atoms with Crippen LogP contribution in [0, 0.1) is 0 Å². The van der Waals surface area contributed by atoms with Gasteiger partial charge in [-0.15, -0.1) is 11.3 Å². The van der Waals surface area contributed by atoms with Crippen LogP contribution in [0.25, 0.3) is 10.9 Å². The predicted octanol–water partition coefficient (Wildman–Crippen LogP) is 2.34. The molecule has 0 saturated carbocycles. The van der Waals surface area contributed by atoms with Crippen molar-refractivity contribution in [3.8, 4) is 0 Å². The summed E-state index contributed by atoms with van der Waals surface area (Å²) in [4.78, 5) is 39.1. The van der Waals surface area contributed by atoms with Crippen LogP contribution < -0.4 is 0 Å². The van der Waals surface area contributed by atoms with E-state index in [0.29, 0.717) is 0 Å². The number of hydrogen-bond donors (Lipinski definition) is 3. The third-order valence-corrected chi connectivity index (χ3v) is 5.50. The minimum atomic E-state index is -1.82. The first-order valence-electron chi connectivity index (χ1n) is 9.02. The maximum Gasteiger partial charge on any atom is 0.414 e. The van der Waals surface area contributed by atoms with E-state index in [2.05, 4.69) is 40.3 Å². The summed E-state index contributed by atoms with van der Waals surface area (Å²) in [6.07, 6.45) is 2.11. The van der Waals surface area contributed by atoms with Crippen LogP contribution in [0.5, 0.6) is 0 Å². The number of benzene rings is 1. The van der Waals surface area contributed by atoms with Gasteiger partial charge in [0.1, 0.15) is 0 Å². The van der Waals surface area contributed by atoms with Crippen molar-refractivity contribution in [1.82, 2.24) is 14.8 Å². The van der Waals surface area contributed by atoms with E-state index in [0.717, 1.165) is 37.6 Å². The Balaban J connectivity index is 0.000000353. The van der Waals surface area contributed by atoms with Crippen molar-refractivity contribution in [3.05, 3.63) is 58.4 Å². The number of H-pyrrole nitrogens is 1. The van der Waals surface area contributed by atoms with Gasteiger partial charge in [0.25, 0.3) is 5.91 Å². The predicted molar refractivity (Wildman–Crippen MR) is 109 cm³/mol. The lowest BCUT2D eigenvalue weighted by Crippen LogP contribution is -2.48. The van der Waals surface area contributed by atoms with Crippen molar-refractivity contribution >= 4 is 40.1 Å². The number of nitrogens with one attached hydrogen (secondary N) is 1. The van der Waals surface area contributed by atoms with E-state index in [1.165, 1.54) is 27.8 Å². The van der Waals surface area contributed by atoms with Gasteiger partial charge in [-0.3, -0.25) is 9.69 Å². The molecule has 0 aliphatic carbocycles. The van der Waals surface area contributed by atoms with Crippen LogP contribution in [0.4, 0.5) is 0 Å². The zero-order valence-electron chi connectivity index (χ0n) is 15.6. The van der Waals surface area contributed by atoms with Crippen molar-refractivity contribution in [2.24, 2.45) is 0 Å². The Labute approximate surface area is 171 Å². The van der Waals surface area contributed by atoms with E-state index >= 15 is 0 Å². The molecule has 9 heteroatoms. The Kier molecular flexibility index (Phi) is 6.63. The molecule has 1 saturated heterocycles. The fourth-order valence-corrected chi connectivity index (χ4v) is 3.86. The normalized spacial score (nSPS) is 14.3. The Morgan fingerprint density at radius 2 is 1.66 bits per heavy atom. The molecule has 0 radical (unpaired) electrons. The zero-order chi connectivity index (χ0) is 20.8. The third kappa shape index (κ3) is 5.21. The maximum atomic E-state index is 12.4. The summed E-state index contributed by atoms with van der Waals surface area (Å²) in [5.41, 5.74) is 2.52. The van der Waals surface area contributed by atoms with Crippen LogP contribution in [-0.4, -0.2) is 69.0 Å². The number of piperazine rings is 1. The molecule has 3 N–H and O–H groups in total. The summed E-state index contributed by atoms with van der Waals surface area (Å²) in [6, 6.07) is 12.2. The molecule has 3 aromatic rings. The molecule has 29 heavy (non-hydrogen) atoms. The molecule has 1 amide bonds. The van der Waals surface area contributed by atoms with E-state index in [1.807, 2.05) is 22.4 Å². The van der Waals surface area contributed by atoms with Crippen molar-refractivity contribution in [2.45, 2.75) is 6.54 Å². The van der Waals surface area contributed by atoms with Crippen molar-refractivity contribution in [2.75, 3.05) is 26.2 Å². The quantitative estimate of drug-likeness (QED) is 0.566. The number of carboxylic acids is 2. The number of aromatic nitrogens is 1. The molecule has 2 aromatic heterocycles. The highest BCUT2D eigenvalue weighted by Crippen LogP contribution is 2.20. The number of amides is 1. The third-order valence-electron chi connectivity index (χ3n) is 4.64. The minimum absolute atomic E-state index is 0.173. The van der Waals surface area contributed by atoms with Crippen LogP contribution in [0.3, 0.4) is 0 Å². The summed E-state index contributed by atoms with van der Waals surface area (Å²) in [6.45, 7) is 4.40. The van der Waals surface area contributed by atoms with E-state index < -0.39 is 11.9 Å². The second-order valence-corrected chi connectivity index (χ2v) is 7.46. The van der Waals surface area contributed by atoms with E-state index in [9.17, 15) is 4.79 Å². The van der Waals surface area contributed by atoms with Crippen molar-refractivity contribution in [3.63, 3.8) is 0 Å². The number of aliphatic carboxylic acids is 2. The topological polar surface area (TPSA) is 114 Å². The largest absolute Gasteiger partial charge is 0.473 e. The number of nitrogens with zero attached hydrogens (tertiary/aromatic N) is 2. The molecular formula is C20H21N3O5S. The van der Waals surface area contributed by atoms with Gasteiger partial charge in [0.05, 0.1) is 4.88 Å². The lowest BCUT2D eigenvalue weighted by Gasteiger charge is -2.34. The Morgan fingerprint density at radius 1 is 0.966 bits per heavy atom. The van der Waals surface area contributed by atoms with Gasteiger partial charge >= 0.3 is 11.9 Å². The van der Waals surface area contributed by atoms with Crippen molar-refractivity contribution in [1.29, 1.82) is 0 Å². The Morgan fingerprint density at radius 3 is 2.28 bits per heavy atom. The second-order valence-electron chi connectivity index (χ2n) is 6.52. The number of carbonyl (C=O) groups excluding carboxylic acids is 1. The molecule has 1 aliphatic rings. The zero-order valence-corrected chi connectivity index (χ0v) is 16.4. The van der Waals surface area contributed by atoms with Gasteiger partial charge < -0.3 is 20.1 Å². The molecule has 0 unspecified atom stereocenters. The minimum Gasteiger partial charge on any atom is -0.473 e. The van der Waals surface area contributed by atoms with Gasteiger partial charge in [0, 0.05) is 49.8 Å². The lowest BCUT2D eigenvalue weighted by molar-refractivity contribution is -0.159. The summed E-state index contributed by atoms with van der Waals surface area (Å²) in [5, 5.41) is 18.0. The number of para-hydroxylation sites is 1. The summed E-state index contributed by atoms with van der Waals surface area (Å²) < 4.78 is 0. The first kappa shape index (κ1) is 20.6. The number of hydrogen-bond acceptors (Lipinski definition) is 5. The van der Waals surface area contributed by atoms with Gasteiger partial charge in [-0.1, -0.05) is 24.3 Å². The van der Waals surface area contributed by atoms with Gasteiger partial charge in [-0.2, -0.15) is 0 Å². The second kappa shape index (κ2) is 9.35. The van der Waals surface area contributed by atoms with Crippen LogP contribution >= 0.6 is 11.3 Å². The highest BCUT2D eigenvalue weighted by molar-refractivity contribution is 7.12. The monoisotopic (exact) mass is 415 g/mol. The SMILES string of the molecule is O=C(O)C(=O)O.O=C(c1cccs1)N1CCN(Cc2c[nH]c3ccccc23)CC1.